The molecule has 19 heavy (non-hydrogen) atoms. The number of nitrogens with one attached hydrogen (secondary N) is 1. The van der Waals surface area contributed by atoms with Gasteiger partial charge in [-0.15, -0.1) is 0 Å². The first-order chi connectivity index (χ1) is 8.93. The number of rotatable bonds is 2. The van der Waals surface area contributed by atoms with Crippen LogP contribution in [0.3, 0.4) is 0 Å². The van der Waals surface area contributed by atoms with E-state index in [1.54, 1.807) is 12.1 Å². The smallest absolute Gasteiger partial charge is 0.186 e. The first-order valence-electron chi connectivity index (χ1n) is 5.06. The van der Waals surface area contributed by atoms with E-state index >= 15 is 0 Å². The van der Waals surface area contributed by atoms with E-state index in [1.807, 2.05) is 0 Å². The number of benzene rings is 2. The Bertz CT molecular complexity index is 617. The van der Waals surface area contributed by atoms with E-state index < -0.39 is 32.5 Å². The van der Waals surface area contributed by atoms with Gasteiger partial charge in [-0.05, 0) is 34.7 Å². The second-order valence-electron chi connectivity index (χ2n) is 3.66. The van der Waals surface area contributed by atoms with Gasteiger partial charge in [-0.1, -0.05) is 12.1 Å². The Kier molecular flexibility index (Phi) is 3.83. The van der Waals surface area contributed by atoms with Crippen LogP contribution in [0.1, 0.15) is 0 Å². The minimum Gasteiger partial charge on any atom is -0.397 e. The topological polar surface area (TPSA) is 38.0 Å². The van der Waals surface area contributed by atoms with Crippen LogP contribution in [-0.2, 0) is 0 Å². The summed E-state index contributed by atoms with van der Waals surface area (Å²) in [5, 5.41) is 2.26. The first kappa shape index (κ1) is 13.9. The fourth-order valence-electron chi connectivity index (χ4n) is 1.46. The molecule has 0 aromatic heterocycles. The maximum atomic E-state index is 13.6. The first-order valence-corrected chi connectivity index (χ1v) is 6.14. The van der Waals surface area contributed by atoms with Crippen LogP contribution in [0, 0.1) is 26.8 Å². The average molecular weight is 382 g/mol. The van der Waals surface area contributed by atoms with Gasteiger partial charge in [0.1, 0.15) is 5.69 Å². The van der Waals surface area contributed by atoms with E-state index in [1.165, 1.54) is 34.7 Å². The standard InChI is InChI=1S/C12H7F4IN2/c13-7-9(15)12(10(16)8(14)11(7)17)19-6-4-2-1-3-5(6)18/h1-4,19H,18H2. The van der Waals surface area contributed by atoms with Gasteiger partial charge >= 0.3 is 0 Å². The molecule has 0 saturated carbocycles. The third-order valence-electron chi connectivity index (χ3n) is 2.43. The highest BCUT2D eigenvalue weighted by molar-refractivity contribution is 14.1. The maximum absolute atomic E-state index is 13.6. The lowest BCUT2D eigenvalue weighted by atomic mass is 10.2. The highest BCUT2D eigenvalue weighted by Gasteiger charge is 2.24. The Morgan fingerprint density at radius 3 is 1.95 bits per heavy atom. The zero-order chi connectivity index (χ0) is 14.2. The van der Waals surface area contributed by atoms with E-state index in [0.717, 1.165) is 0 Å². The molecule has 2 rings (SSSR count). The minimum atomic E-state index is -1.49. The van der Waals surface area contributed by atoms with Crippen molar-refractivity contribution in [2.75, 3.05) is 11.1 Å². The number of nitrogen functional groups attached to an aromatic ring is 1. The second-order valence-corrected chi connectivity index (χ2v) is 4.74. The molecule has 100 valence electrons. The quantitative estimate of drug-likeness (QED) is 0.269. The van der Waals surface area contributed by atoms with Crippen LogP contribution in [-0.4, -0.2) is 0 Å². The Labute approximate surface area is 119 Å². The molecule has 0 aliphatic rings. The molecule has 0 aliphatic heterocycles. The van der Waals surface area contributed by atoms with Crippen LogP contribution in [0.5, 0.6) is 0 Å². The summed E-state index contributed by atoms with van der Waals surface area (Å²) in [5.74, 6) is -5.88. The van der Waals surface area contributed by atoms with Gasteiger partial charge in [0, 0.05) is 0 Å². The maximum Gasteiger partial charge on any atom is 0.186 e. The molecule has 0 radical (unpaired) electrons. The Hall–Kier alpha value is -1.51. The lowest BCUT2D eigenvalue weighted by molar-refractivity contribution is 0.451. The predicted molar refractivity (Wildman–Crippen MR) is 73.1 cm³/mol. The van der Waals surface area contributed by atoms with Crippen molar-refractivity contribution in [2.45, 2.75) is 0 Å². The molecule has 0 fully saturated rings. The van der Waals surface area contributed by atoms with Crippen LogP contribution in [0.15, 0.2) is 24.3 Å². The molecule has 0 aliphatic carbocycles. The lowest BCUT2D eigenvalue weighted by Crippen LogP contribution is -2.07. The summed E-state index contributed by atoms with van der Waals surface area (Å²) in [7, 11) is 0. The summed E-state index contributed by atoms with van der Waals surface area (Å²) in [5.41, 5.74) is 5.02. The zero-order valence-corrected chi connectivity index (χ0v) is 11.4. The van der Waals surface area contributed by atoms with Crippen molar-refractivity contribution in [1.82, 2.24) is 0 Å². The highest BCUT2D eigenvalue weighted by Crippen LogP contribution is 2.32. The molecular formula is C12H7F4IN2. The molecule has 0 heterocycles. The summed E-state index contributed by atoms with van der Waals surface area (Å²) in [6.07, 6.45) is 0. The van der Waals surface area contributed by atoms with Crippen molar-refractivity contribution in [1.29, 1.82) is 0 Å². The average Bonchev–Trinajstić information content (AvgIpc) is 2.41. The molecule has 0 unspecified atom stereocenters. The van der Waals surface area contributed by atoms with Crippen molar-refractivity contribution >= 4 is 39.7 Å². The molecular weight excluding hydrogens is 375 g/mol. The lowest BCUT2D eigenvalue weighted by Gasteiger charge is -2.12. The van der Waals surface area contributed by atoms with Crippen LogP contribution < -0.4 is 11.1 Å². The van der Waals surface area contributed by atoms with Crippen molar-refractivity contribution in [3.05, 3.63) is 51.1 Å². The molecule has 0 amide bonds. The molecule has 2 nitrogen and oxygen atoms in total. The van der Waals surface area contributed by atoms with Gasteiger partial charge in [-0.3, -0.25) is 0 Å². The molecule has 0 atom stereocenters. The summed E-state index contributed by atoms with van der Waals surface area (Å²) >= 11 is 1.19. The third kappa shape index (κ3) is 2.46. The number of nitrogens with two attached hydrogens (primary N) is 1. The van der Waals surface area contributed by atoms with Crippen LogP contribution >= 0.6 is 22.6 Å². The molecule has 0 saturated heterocycles. The number of anilines is 3. The number of para-hydroxylation sites is 2. The van der Waals surface area contributed by atoms with Crippen LogP contribution in [0.2, 0.25) is 0 Å². The van der Waals surface area contributed by atoms with E-state index in [0.29, 0.717) is 0 Å². The van der Waals surface area contributed by atoms with Gasteiger partial charge in [0.05, 0.1) is 14.9 Å². The van der Waals surface area contributed by atoms with Crippen LogP contribution in [0.4, 0.5) is 34.6 Å². The largest absolute Gasteiger partial charge is 0.397 e. The summed E-state index contributed by atoms with van der Waals surface area (Å²) in [4.78, 5) is 0. The molecule has 7 heteroatoms. The number of hydrogen-bond acceptors (Lipinski definition) is 2. The Balaban J connectivity index is 2.56. The summed E-state index contributed by atoms with van der Waals surface area (Å²) in [6, 6.07) is 6.09. The number of halogens is 5. The summed E-state index contributed by atoms with van der Waals surface area (Å²) in [6.45, 7) is 0. The van der Waals surface area contributed by atoms with E-state index in [4.69, 9.17) is 5.73 Å². The number of hydrogen-bond donors (Lipinski definition) is 2. The fourth-order valence-corrected chi connectivity index (χ4v) is 1.93. The Morgan fingerprint density at radius 2 is 1.42 bits per heavy atom. The molecule has 2 aromatic rings. The van der Waals surface area contributed by atoms with Crippen LogP contribution in [0.25, 0.3) is 0 Å². The molecule has 0 spiro atoms. The second kappa shape index (κ2) is 5.24. The van der Waals surface area contributed by atoms with E-state index in [2.05, 4.69) is 5.32 Å². The predicted octanol–water partition coefficient (Wildman–Crippen LogP) is 4.17. The highest BCUT2D eigenvalue weighted by atomic mass is 127. The molecule has 3 N–H and O–H groups in total. The molecule has 2 aromatic carbocycles. The van der Waals surface area contributed by atoms with Gasteiger partial charge in [0.25, 0.3) is 0 Å². The van der Waals surface area contributed by atoms with Crippen molar-refractivity contribution in [3.63, 3.8) is 0 Å². The van der Waals surface area contributed by atoms with Crippen molar-refractivity contribution in [2.24, 2.45) is 0 Å². The third-order valence-corrected chi connectivity index (χ3v) is 3.38. The van der Waals surface area contributed by atoms with Crippen molar-refractivity contribution in [3.8, 4) is 0 Å². The SMILES string of the molecule is Nc1ccccc1Nc1c(F)c(F)c(I)c(F)c1F. The van der Waals surface area contributed by atoms with Gasteiger partial charge in [-0.25, -0.2) is 17.6 Å². The minimum absolute atomic E-state index is 0.153. The van der Waals surface area contributed by atoms with Gasteiger partial charge in [0.15, 0.2) is 23.3 Å². The van der Waals surface area contributed by atoms with Gasteiger partial charge < -0.3 is 11.1 Å². The van der Waals surface area contributed by atoms with Gasteiger partial charge in [-0.2, -0.15) is 0 Å². The summed E-state index contributed by atoms with van der Waals surface area (Å²) < 4.78 is 53.3. The van der Waals surface area contributed by atoms with Gasteiger partial charge in [0.2, 0.25) is 0 Å². The van der Waals surface area contributed by atoms with E-state index in [9.17, 15) is 17.6 Å². The fraction of sp³-hybridized carbons (Fsp3) is 0. The Morgan fingerprint density at radius 1 is 0.895 bits per heavy atom. The molecule has 0 bridgehead atoms. The zero-order valence-electron chi connectivity index (χ0n) is 9.28. The van der Waals surface area contributed by atoms with E-state index in [-0.39, 0.29) is 11.4 Å². The normalized spacial score (nSPS) is 10.6. The monoisotopic (exact) mass is 382 g/mol. The van der Waals surface area contributed by atoms with Crippen molar-refractivity contribution < 1.29 is 17.6 Å².